The Kier molecular flexibility index (Phi) is 4.75. The average molecular weight is 376 g/mol. The van der Waals surface area contributed by atoms with Gasteiger partial charge >= 0.3 is 0 Å². The number of rotatable bonds is 5. The number of amides is 1. The Hall–Kier alpha value is -2.43. The summed E-state index contributed by atoms with van der Waals surface area (Å²) in [5.41, 5.74) is 1.84. The van der Waals surface area contributed by atoms with E-state index in [-0.39, 0.29) is 16.8 Å². The van der Waals surface area contributed by atoms with Crippen LogP contribution in [0.2, 0.25) is 5.15 Å². The fourth-order valence-corrected chi connectivity index (χ4v) is 3.92. The van der Waals surface area contributed by atoms with Gasteiger partial charge in [0, 0.05) is 12.1 Å². The van der Waals surface area contributed by atoms with Gasteiger partial charge in [0.1, 0.15) is 5.15 Å². The number of halogens is 1. The minimum absolute atomic E-state index is 0.0549. The molecular formula is C17H14ClN3O3S. The van der Waals surface area contributed by atoms with Crippen molar-refractivity contribution in [3.8, 4) is 6.07 Å². The second-order valence-electron chi connectivity index (χ2n) is 5.90. The van der Waals surface area contributed by atoms with Gasteiger partial charge in [-0.3, -0.25) is 9.52 Å². The summed E-state index contributed by atoms with van der Waals surface area (Å²) in [6.07, 6.45) is 1.93. The van der Waals surface area contributed by atoms with Gasteiger partial charge in [0.25, 0.3) is 0 Å². The molecule has 128 valence electrons. The number of benzene rings is 1. The first-order valence-electron chi connectivity index (χ1n) is 7.53. The van der Waals surface area contributed by atoms with Crippen LogP contribution in [0, 0.1) is 17.2 Å². The molecule has 2 atom stereocenters. The summed E-state index contributed by atoms with van der Waals surface area (Å²) in [4.78, 5) is 16.0. The molecule has 1 fully saturated rings. The molecule has 0 radical (unpaired) electrons. The van der Waals surface area contributed by atoms with Gasteiger partial charge in [-0.15, -0.1) is 0 Å². The second kappa shape index (κ2) is 6.82. The summed E-state index contributed by atoms with van der Waals surface area (Å²) < 4.78 is 26.4. The number of aromatic nitrogens is 1. The average Bonchev–Trinajstić information content (AvgIpc) is 3.37. The zero-order valence-corrected chi connectivity index (χ0v) is 14.6. The van der Waals surface area contributed by atoms with E-state index in [0.29, 0.717) is 17.5 Å². The summed E-state index contributed by atoms with van der Waals surface area (Å²) >= 11 is 5.66. The van der Waals surface area contributed by atoms with Crippen LogP contribution in [0.15, 0.2) is 42.6 Å². The molecule has 1 amide bonds. The third-order valence-electron chi connectivity index (χ3n) is 3.97. The number of hydrogen-bond acceptors (Lipinski definition) is 5. The van der Waals surface area contributed by atoms with Crippen LogP contribution in [-0.4, -0.2) is 19.3 Å². The molecule has 1 aliphatic rings. The molecule has 0 bridgehead atoms. The Morgan fingerprint density at radius 1 is 1.36 bits per heavy atom. The maximum absolute atomic E-state index is 12.2. The molecule has 0 spiro atoms. The van der Waals surface area contributed by atoms with Gasteiger partial charge in [-0.1, -0.05) is 29.8 Å². The monoisotopic (exact) mass is 375 g/mol. The van der Waals surface area contributed by atoms with E-state index < -0.39 is 21.8 Å². The first-order valence-corrected chi connectivity index (χ1v) is 9.56. The van der Waals surface area contributed by atoms with Gasteiger partial charge in [0.2, 0.25) is 15.9 Å². The first-order chi connectivity index (χ1) is 11.9. The fraction of sp³-hybridized carbons (Fsp3) is 0.235. The number of hydrogen-bond donors (Lipinski definition) is 1. The Morgan fingerprint density at radius 3 is 2.84 bits per heavy atom. The quantitative estimate of drug-likeness (QED) is 0.808. The number of carbonyl (C=O) groups excluding carboxylic acids is 1. The largest absolute Gasteiger partial charge is 0.274 e. The predicted octanol–water partition coefficient (Wildman–Crippen LogP) is 2.36. The highest BCUT2D eigenvalue weighted by atomic mass is 35.5. The van der Waals surface area contributed by atoms with Crippen LogP contribution in [0.1, 0.15) is 29.0 Å². The van der Waals surface area contributed by atoms with E-state index in [1.54, 1.807) is 24.3 Å². The molecule has 1 saturated carbocycles. The van der Waals surface area contributed by atoms with Gasteiger partial charge in [0.05, 0.1) is 17.4 Å². The highest BCUT2D eigenvalue weighted by Crippen LogP contribution is 2.47. The minimum Gasteiger partial charge on any atom is -0.274 e. The van der Waals surface area contributed by atoms with Crippen molar-refractivity contribution in [2.24, 2.45) is 5.92 Å². The summed E-state index contributed by atoms with van der Waals surface area (Å²) in [5, 5.41) is 9.20. The SMILES string of the molecule is N#Cc1cccc([C@H]2C[C@@H]2C(=O)NS(=O)(=O)Cc2ccc(Cl)nc2)c1. The van der Waals surface area contributed by atoms with Gasteiger partial charge in [-0.25, -0.2) is 13.4 Å². The Balaban J connectivity index is 1.62. The van der Waals surface area contributed by atoms with E-state index in [1.165, 1.54) is 12.3 Å². The lowest BCUT2D eigenvalue weighted by Crippen LogP contribution is -2.33. The zero-order chi connectivity index (χ0) is 18.0. The molecule has 0 unspecified atom stereocenters. The van der Waals surface area contributed by atoms with Crippen LogP contribution in [0.25, 0.3) is 0 Å². The lowest BCUT2D eigenvalue weighted by molar-refractivity contribution is -0.120. The van der Waals surface area contributed by atoms with Crippen molar-refractivity contribution in [2.75, 3.05) is 0 Å². The minimum atomic E-state index is -3.81. The Morgan fingerprint density at radius 2 is 2.16 bits per heavy atom. The first kappa shape index (κ1) is 17.4. The highest BCUT2D eigenvalue weighted by molar-refractivity contribution is 7.89. The van der Waals surface area contributed by atoms with Crippen molar-refractivity contribution < 1.29 is 13.2 Å². The van der Waals surface area contributed by atoms with Gasteiger partial charge in [-0.05, 0) is 41.7 Å². The lowest BCUT2D eigenvalue weighted by Gasteiger charge is -2.07. The van der Waals surface area contributed by atoms with Crippen LogP contribution >= 0.6 is 11.6 Å². The molecule has 0 saturated heterocycles. The van der Waals surface area contributed by atoms with Crippen LogP contribution in [0.3, 0.4) is 0 Å². The van der Waals surface area contributed by atoms with E-state index in [1.807, 2.05) is 6.07 Å². The highest BCUT2D eigenvalue weighted by Gasteiger charge is 2.45. The maximum Gasteiger partial charge on any atom is 0.239 e. The van der Waals surface area contributed by atoms with Crippen molar-refractivity contribution in [1.29, 1.82) is 5.26 Å². The molecule has 6 nitrogen and oxygen atoms in total. The molecule has 1 N–H and O–H groups in total. The van der Waals surface area contributed by atoms with E-state index in [2.05, 4.69) is 15.8 Å². The molecule has 1 aromatic carbocycles. The van der Waals surface area contributed by atoms with Crippen molar-refractivity contribution in [2.45, 2.75) is 18.1 Å². The molecule has 8 heteroatoms. The fourth-order valence-electron chi connectivity index (χ4n) is 2.67. The summed E-state index contributed by atoms with van der Waals surface area (Å²) in [5.74, 6) is -1.31. The molecule has 1 heterocycles. The van der Waals surface area contributed by atoms with Crippen molar-refractivity contribution >= 4 is 27.5 Å². The molecule has 1 aromatic heterocycles. The lowest BCUT2D eigenvalue weighted by atomic mass is 10.1. The molecular weight excluding hydrogens is 362 g/mol. The third-order valence-corrected chi connectivity index (χ3v) is 5.42. The molecule has 25 heavy (non-hydrogen) atoms. The smallest absolute Gasteiger partial charge is 0.239 e. The van der Waals surface area contributed by atoms with Gasteiger partial charge < -0.3 is 0 Å². The van der Waals surface area contributed by atoms with Gasteiger partial charge in [-0.2, -0.15) is 5.26 Å². The normalized spacial score (nSPS) is 19.0. The number of nitrogens with zero attached hydrogens (tertiary/aromatic N) is 2. The number of nitriles is 1. The standard InChI is InChI=1S/C17H14ClN3O3S/c18-16-5-4-12(9-20-16)10-25(23,24)21-17(22)15-7-14(15)13-3-1-2-11(6-13)8-19/h1-6,9,14-15H,7,10H2,(H,21,22)/t14-,15+/m1/s1. The Bertz CT molecular complexity index is 952. The third kappa shape index (κ3) is 4.35. The van der Waals surface area contributed by atoms with Gasteiger partial charge in [0.15, 0.2) is 0 Å². The molecule has 2 aromatic rings. The Labute approximate surface area is 150 Å². The van der Waals surface area contributed by atoms with Crippen molar-refractivity contribution in [1.82, 2.24) is 9.71 Å². The van der Waals surface area contributed by atoms with E-state index in [4.69, 9.17) is 16.9 Å². The summed E-state index contributed by atoms with van der Waals surface area (Å²) in [6.45, 7) is 0. The maximum atomic E-state index is 12.2. The number of sulfonamides is 1. The van der Waals surface area contributed by atoms with Crippen molar-refractivity contribution in [3.05, 3.63) is 64.4 Å². The number of carbonyl (C=O) groups is 1. The van der Waals surface area contributed by atoms with Crippen molar-refractivity contribution in [3.63, 3.8) is 0 Å². The summed E-state index contributed by atoms with van der Waals surface area (Å²) in [7, 11) is -3.81. The van der Waals surface area contributed by atoms with Crippen LogP contribution in [-0.2, 0) is 20.6 Å². The zero-order valence-electron chi connectivity index (χ0n) is 13.0. The van der Waals surface area contributed by atoms with Crippen LogP contribution in [0.4, 0.5) is 0 Å². The van der Waals surface area contributed by atoms with E-state index in [9.17, 15) is 13.2 Å². The summed E-state index contributed by atoms with van der Waals surface area (Å²) in [6, 6.07) is 12.1. The number of pyridine rings is 1. The molecule has 3 rings (SSSR count). The number of nitrogens with one attached hydrogen (secondary N) is 1. The topological polar surface area (TPSA) is 99.9 Å². The molecule has 0 aliphatic heterocycles. The van der Waals surface area contributed by atoms with Crippen LogP contribution in [0.5, 0.6) is 0 Å². The molecule has 1 aliphatic carbocycles. The predicted molar refractivity (Wildman–Crippen MR) is 92.0 cm³/mol. The van der Waals surface area contributed by atoms with E-state index >= 15 is 0 Å². The van der Waals surface area contributed by atoms with E-state index in [0.717, 1.165) is 5.56 Å². The second-order valence-corrected chi connectivity index (χ2v) is 8.01. The van der Waals surface area contributed by atoms with Crippen LogP contribution < -0.4 is 4.72 Å².